The molecule has 0 aliphatic carbocycles. The lowest BCUT2D eigenvalue weighted by Gasteiger charge is -2.12. The summed E-state index contributed by atoms with van der Waals surface area (Å²) >= 11 is 0. The number of nitrogens with one attached hydrogen (secondary N) is 1. The summed E-state index contributed by atoms with van der Waals surface area (Å²) in [6.45, 7) is 4.79. The van der Waals surface area contributed by atoms with Gasteiger partial charge in [-0.2, -0.15) is 5.48 Å². The van der Waals surface area contributed by atoms with Gasteiger partial charge in [0.1, 0.15) is 0 Å². The van der Waals surface area contributed by atoms with Gasteiger partial charge in [0.2, 0.25) is 0 Å². The Morgan fingerprint density at radius 1 is 1.44 bits per heavy atom. The van der Waals surface area contributed by atoms with Crippen LogP contribution in [0, 0.1) is 0 Å². The third-order valence-corrected chi connectivity index (χ3v) is 0.955. The second-order valence-corrected chi connectivity index (χ2v) is 1.69. The molecule has 3 nitrogen and oxygen atoms in total. The van der Waals surface area contributed by atoms with E-state index in [9.17, 15) is 0 Å². The summed E-state index contributed by atoms with van der Waals surface area (Å²) in [7, 11) is 1.63. The Hall–Kier alpha value is -0.120. The van der Waals surface area contributed by atoms with Gasteiger partial charge in [-0.15, -0.1) is 0 Å². The molecule has 0 aromatic carbocycles. The molecule has 0 radical (unpaired) electrons. The molecule has 0 rings (SSSR count). The maximum Gasteiger partial charge on any atom is 0.176 e. The second kappa shape index (κ2) is 6.01. The van der Waals surface area contributed by atoms with Crippen molar-refractivity contribution in [1.82, 2.24) is 5.48 Å². The van der Waals surface area contributed by atoms with Crippen molar-refractivity contribution < 1.29 is 9.57 Å². The zero-order valence-electron chi connectivity index (χ0n) is 6.31. The Morgan fingerprint density at radius 2 is 2.11 bits per heavy atom. The molecule has 0 amide bonds. The Balaban J connectivity index is 3.09. The first-order valence-electron chi connectivity index (χ1n) is 3.26. The normalized spacial score (nSPS) is 13.7. The summed E-state index contributed by atoms with van der Waals surface area (Å²) in [5, 5.41) is 0. The van der Waals surface area contributed by atoms with Crippen LogP contribution in [0.4, 0.5) is 0 Å². The highest BCUT2D eigenvalue weighted by Crippen LogP contribution is 1.93. The smallest absolute Gasteiger partial charge is 0.176 e. The van der Waals surface area contributed by atoms with Crippen molar-refractivity contribution in [2.75, 3.05) is 13.7 Å². The fourth-order valence-corrected chi connectivity index (χ4v) is 0.474. The summed E-state index contributed by atoms with van der Waals surface area (Å²) in [4.78, 5) is 5.02. The first-order valence-corrected chi connectivity index (χ1v) is 3.26. The lowest BCUT2D eigenvalue weighted by molar-refractivity contribution is -0.164. The quantitative estimate of drug-likeness (QED) is 0.446. The highest BCUT2D eigenvalue weighted by molar-refractivity contribution is 4.33. The highest BCUT2D eigenvalue weighted by atomic mass is 16.8. The lowest BCUT2D eigenvalue weighted by atomic mass is 10.5. The molecule has 0 bridgehead atoms. The second-order valence-electron chi connectivity index (χ2n) is 1.69. The van der Waals surface area contributed by atoms with Gasteiger partial charge >= 0.3 is 0 Å². The van der Waals surface area contributed by atoms with E-state index in [2.05, 4.69) is 5.48 Å². The number of hydroxylamine groups is 1. The standard InChI is InChI=1S/C6H15NO2/c1-4-6(8-3)9-7-5-2/h6-7H,4-5H2,1-3H3. The Kier molecular flexibility index (Phi) is 5.93. The van der Waals surface area contributed by atoms with Gasteiger partial charge in [0.25, 0.3) is 0 Å². The summed E-state index contributed by atoms with van der Waals surface area (Å²) in [6, 6.07) is 0. The molecule has 1 atom stereocenters. The van der Waals surface area contributed by atoms with Gasteiger partial charge in [-0.25, -0.2) is 0 Å². The molecule has 0 aromatic rings. The van der Waals surface area contributed by atoms with Crippen LogP contribution in [-0.2, 0) is 9.57 Å². The van der Waals surface area contributed by atoms with E-state index < -0.39 is 0 Å². The number of hydrogen-bond acceptors (Lipinski definition) is 3. The molecule has 0 spiro atoms. The molecule has 1 N–H and O–H groups in total. The molecule has 9 heavy (non-hydrogen) atoms. The lowest BCUT2D eigenvalue weighted by Crippen LogP contribution is -2.24. The van der Waals surface area contributed by atoms with Gasteiger partial charge in [-0.05, 0) is 6.42 Å². The minimum atomic E-state index is -0.107. The fourth-order valence-electron chi connectivity index (χ4n) is 0.474. The maximum atomic E-state index is 5.02. The van der Waals surface area contributed by atoms with E-state index in [1.807, 2.05) is 13.8 Å². The third kappa shape index (κ3) is 4.39. The van der Waals surface area contributed by atoms with Crippen molar-refractivity contribution in [2.45, 2.75) is 26.6 Å². The van der Waals surface area contributed by atoms with Gasteiger partial charge in [-0.3, -0.25) is 4.84 Å². The van der Waals surface area contributed by atoms with Gasteiger partial charge in [0.05, 0.1) is 0 Å². The molecule has 0 fully saturated rings. The molecule has 0 aromatic heterocycles. The predicted molar refractivity (Wildman–Crippen MR) is 35.8 cm³/mol. The fraction of sp³-hybridized carbons (Fsp3) is 1.00. The third-order valence-electron chi connectivity index (χ3n) is 0.955. The molecule has 56 valence electrons. The average Bonchev–Trinajstić information content (AvgIpc) is 1.91. The molecule has 0 saturated heterocycles. The molecular weight excluding hydrogens is 118 g/mol. The van der Waals surface area contributed by atoms with Crippen molar-refractivity contribution in [3.63, 3.8) is 0 Å². The Morgan fingerprint density at radius 3 is 2.44 bits per heavy atom. The van der Waals surface area contributed by atoms with Crippen LogP contribution in [0.15, 0.2) is 0 Å². The van der Waals surface area contributed by atoms with Gasteiger partial charge < -0.3 is 4.74 Å². The van der Waals surface area contributed by atoms with E-state index in [1.165, 1.54) is 0 Å². The van der Waals surface area contributed by atoms with Crippen LogP contribution in [0.2, 0.25) is 0 Å². The summed E-state index contributed by atoms with van der Waals surface area (Å²) in [5.74, 6) is 0. The van der Waals surface area contributed by atoms with Crippen molar-refractivity contribution in [3.8, 4) is 0 Å². The van der Waals surface area contributed by atoms with Crippen LogP contribution in [-0.4, -0.2) is 19.9 Å². The maximum absolute atomic E-state index is 5.02. The topological polar surface area (TPSA) is 30.5 Å². The average molecular weight is 133 g/mol. The van der Waals surface area contributed by atoms with E-state index in [4.69, 9.17) is 9.57 Å². The van der Waals surface area contributed by atoms with E-state index in [-0.39, 0.29) is 6.29 Å². The van der Waals surface area contributed by atoms with Crippen LogP contribution < -0.4 is 5.48 Å². The van der Waals surface area contributed by atoms with E-state index in [1.54, 1.807) is 7.11 Å². The van der Waals surface area contributed by atoms with E-state index in [0.717, 1.165) is 13.0 Å². The number of hydrogen-bond donors (Lipinski definition) is 1. The monoisotopic (exact) mass is 133 g/mol. The van der Waals surface area contributed by atoms with Crippen LogP contribution in [0.5, 0.6) is 0 Å². The summed E-state index contributed by atoms with van der Waals surface area (Å²) in [6.07, 6.45) is 0.758. The first-order chi connectivity index (χ1) is 4.35. The van der Waals surface area contributed by atoms with Crippen LogP contribution in [0.1, 0.15) is 20.3 Å². The van der Waals surface area contributed by atoms with Crippen molar-refractivity contribution in [1.29, 1.82) is 0 Å². The predicted octanol–water partition coefficient (Wildman–Crippen LogP) is 0.910. The van der Waals surface area contributed by atoms with Crippen LogP contribution >= 0.6 is 0 Å². The highest BCUT2D eigenvalue weighted by Gasteiger charge is 2.00. The van der Waals surface area contributed by atoms with Crippen molar-refractivity contribution in [2.24, 2.45) is 0 Å². The zero-order valence-corrected chi connectivity index (χ0v) is 6.31. The molecular formula is C6H15NO2. The largest absolute Gasteiger partial charge is 0.354 e. The minimum absolute atomic E-state index is 0.107. The number of ether oxygens (including phenoxy) is 1. The van der Waals surface area contributed by atoms with Crippen molar-refractivity contribution >= 4 is 0 Å². The van der Waals surface area contributed by atoms with Gasteiger partial charge in [0, 0.05) is 13.7 Å². The molecule has 0 aliphatic rings. The van der Waals surface area contributed by atoms with Gasteiger partial charge in [-0.1, -0.05) is 13.8 Å². The SMILES string of the molecule is CCNOC(CC)OC. The molecule has 0 aliphatic heterocycles. The molecule has 1 unspecified atom stereocenters. The Bertz CT molecular complexity index is 55.0. The van der Waals surface area contributed by atoms with Crippen LogP contribution in [0.25, 0.3) is 0 Å². The Labute approximate surface area is 56.3 Å². The molecule has 3 heteroatoms. The van der Waals surface area contributed by atoms with Gasteiger partial charge in [0.15, 0.2) is 6.29 Å². The first kappa shape index (κ1) is 8.88. The minimum Gasteiger partial charge on any atom is -0.354 e. The van der Waals surface area contributed by atoms with E-state index in [0.29, 0.717) is 0 Å². The summed E-state index contributed by atoms with van der Waals surface area (Å²) < 4.78 is 4.92. The van der Waals surface area contributed by atoms with Crippen molar-refractivity contribution in [3.05, 3.63) is 0 Å². The molecule has 0 saturated carbocycles. The molecule has 0 heterocycles. The number of methoxy groups -OCH3 is 1. The number of rotatable bonds is 5. The zero-order chi connectivity index (χ0) is 7.11. The van der Waals surface area contributed by atoms with E-state index >= 15 is 0 Å². The summed E-state index contributed by atoms with van der Waals surface area (Å²) in [5.41, 5.74) is 2.73. The van der Waals surface area contributed by atoms with Crippen LogP contribution in [0.3, 0.4) is 0 Å².